The minimum Gasteiger partial charge on any atom is -0.497 e. The number of methoxy groups -OCH3 is 2. The largest absolute Gasteiger partial charge is 0.497 e. The highest BCUT2D eigenvalue weighted by atomic mass is 32.2. The number of rotatable bonds is 11. The number of fused-ring (bicyclic) bond motifs is 2. The number of hydrogen-bond donors (Lipinski definition) is 1. The quantitative estimate of drug-likeness (QED) is 0.242. The highest BCUT2D eigenvalue weighted by Gasteiger charge is 2.32. The maximum atomic E-state index is 13.9. The Hall–Kier alpha value is -3.80. The van der Waals surface area contributed by atoms with Gasteiger partial charge in [0, 0.05) is 38.3 Å². The number of ether oxygens (including phenoxy) is 2. The number of aromatic nitrogens is 4. The van der Waals surface area contributed by atoms with Gasteiger partial charge >= 0.3 is 0 Å². The van der Waals surface area contributed by atoms with Crippen molar-refractivity contribution in [2.45, 2.75) is 74.0 Å². The van der Waals surface area contributed by atoms with Gasteiger partial charge in [-0.1, -0.05) is 24.3 Å². The van der Waals surface area contributed by atoms with Gasteiger partial charge < -0.3 is 19.3 Å². The highest BCUT2D eigenvalue weighted by Crippen LogP contribution is 2.32. The zero-order valence-electron chi connectivity index (χ0n) is 29.6. The second-order valence-electron chi connectivity index (χ2n) is 13.0. The van der Waals surface area contributed by atoms with Crippen LogP contribution in [0.1, 0.15) is 60.3 Å². The van der Waals surface area contributed by atoms with Crippen molar-refractivity contribution in [3.05, 3.63) is 83.2 Å². The molecule has 0 saturated heterocycles. The fourth-order valence-electron chi connectivity index (χ4n) is 6.41. The third-order valence-corrected chi connectivity index (χ3v) is 11.6. The molecule has 0 spiro atoms. The molecule has 0 amide bonds. The van der Waals surface area contributed by atoms with Crippen LogP contribution >= 0.6 is 0 Å². The lowest BCUT2D eigenvalue weighted by Gasteiger charge is -2.28. The molecule has 2 unspecified atom stereocenters. The Kier molecular flexibility index (Phi) is 11.7. The van der Waals surface area contributed by atoms with Crippen LogP contribution in [0.4, 0.5) is 0 Å². The highest BCUT2D eigenvalue weighted by molar-refractivity contribution is 7.89. The molecular weight excluding hydrogens is 681 g/mol. The van der Waals surface area contributed by atoms with Crippen LogP contribution in [0.3, 0.4) is 0 Å². The van der Waals surface area contributed by atoms with Gasteiger partial charge in [0.25, 0.3) is 20.0 Å². The summed E-state index contributed by atoms with van der Waals surface area (Å²) in [5.74, 6) is 1.45. The molecule has 0 fully saturated rings. The molecule has 0 bridgehead atoms. The van der Waals surface area contributed by atoms with Crippen molar-refractivity contribution in [2.75, 3.05) is 42.4 Å². The molecule has 2 aromatic heterocycles. The van der Waals surface area contributed by atoms with Gasteiger partial charge in [-0.25, -0.2) is 22.0 Å². The van der Waals surface area contributed by atoms with Crippen LogP contribution in [-0.4, -0.2) is 92.9 Å². The van der Waals surface area contributed by atoms with Crippen LogP contribution in [0.2, 0.25) is 0 Å². The van der Waals surface area contributed by atoms with Crippen molar-refractivity contribution >= 4 is 20.0 Å². The summed E-state index contributed by atoms with van der Waals surface area (Å²) in [5, 5.41) is 13.7. The summed E-state index contributed by atoms with van der Waals surface area (Å²) >= 11 is 0. The Morgan fingerprint density at radius 1 is 0.700 bits per heavy atom. The predicted molar refractivity (Wildman–Crippen MR) is 190 cm³/mol. The number of nitrogens with zero attached hydrogens (tertiary/aromatic N) is 7. The number of sulfonamides is 2. The lowest BCUT2D eigenvalue weighted by Crippen LogP contribution is -2.30. The molecule has 0 radical (unpaired) electrons. The maximum Gasteiger partial charge on any atom is 0.263 e. The van der Waals surface area contributed by atoms with Gasteiger partial charge in [0.1, 0.15) is 11.5 Å². The molecule has 2 aromatic carbocycles. The van der Waals surface area contributed by atoms with E-state index in [0.29, 0.717) is 0 Å². The fourth-order valence-corrected chi connectivity index (χ4v) is 8.28. The van der Waals surface area contributed by atoms with Crippen molar-refractivity contribution in [1.29, 1.82) is 0 Å². The van der Waals surface area contributed by atoms with E-state index in [1.807, 2.05) is 81.4 Å². The Morgan fingerprint density at radius 2 is 1.10 bits per heavy atom. The van der Waals surface area contributed by atoms with Crippen molar-refractivity contribution in [1.82, 2.24) is 33.7 Å². The summed E-state index contributed by atoms with van der Waals surface area (Å²) in [6.45, 7) is 1.93. The van der Waals surface area contributed by atoms with Gasteiger partial charge in [0.15, 0.2) is 10.1 Å². The summed E-state index contributed by atoms with van der Waals surface area (Å²) in [5.41, 5.74) is 3.62. The summed E-state index contributed by atoms with van der Waals surface area (Å²) in [6, 6.07) is 18.6. The lowest BCUT2D eigenvalue weighted by molar-refractivity contribution is 0.236. The van der Waals surface area contributed by atoms with Gasteiger partial charge in [-0.3, -0.25) is 9.36 Å². The number of aryl methyl sites for hydroxylation is 2. The first-order valence-electron chi connectivity index (χ1n) is 16.5. The van der Waals surface area contributed by atoms with E-state index in [1.54, 1.807) is 31.0 Å². The molecule has 2 N–H and O–H groups in total. The average Bonchev–Trinajstić information content (AvgIpc) is 3.74. The standard InChI is InChI=1S/C25H32N4O4S.C9H16N4O2S/c1-27(2)23-6-5-15-29-24(23)16-25(26-29)34(30,31)28(17-19-7-11-21(32-3)12-8-19)18-20-9-13-22(33-4)14-10-20;1-12(2)7-4-3-5-13-8(7)6-9(11-13)16(10,14)15/h7-14,16,23H,5-6,15,17-18H2,1-4H3;6-7H,3-5H2,1-2H3,(H2,10,14,15). The van der Waals surface area contributed by atoms with Gasteiger partial charge in [0.05, 0.1) is 37.7 Å². The molecular formula is C34H48N8O6S2. The van der Waals surface area contributed by atoms with Crippen molar-refractivity contribution in [2.24, 2.45) is 5.14 Å². The van der Waals surface area contributed by atoms with Crippen molar-refractivity contribution in [3.63, 3.8) is 0 Å². The molecule has 16 heteroatoms. The minimum absolute atomic E-state index is 0.0312. The predicted octanol–water partition coefficient (Wildman–Crippen LogP) is 3.61. The molecule has 50 heavy (non-hydrogen) atoms. The van der Waals surface area contributed by atoms with E-state index in [-0.39, 0.29) is 35.2 Å². The lowest BCUT2D eigenvalue weighted by atomic mass is 10.0. The van der Waals surface area contributed by atoms with Crippen LogP contribution in [0.25, 0.3) is 0 Å². The summed E-state index contributed by atoms with van der Waals surface area (Å²) in [4.78, 5) is 4.19. The number of nitrogens with two attached hydrogens (primary N) is 1. The molecule has 4 aromatic rings. The van der Waals surface area contributed by atoms with Gasteiger partial charge in [-0.15, -0.1) is 0 Å². The molecule has 0 saturated carbocycles. The molecule has 2 atom stereocenters. The van der Waals surface area contributed by atoms with E-state index in [1.165, 1.54) is 4.31 Å². The Morgan fingerprint density at radius 3 is 1.48 bits per heavy atom. The number of benzene rings is 2. The number of hydrogen-bond acceptors (Lipinski definition) is 10. The molecule has 272 valence electrons. The average molecular weight is 729 g/mol. The smallest absolute Gasteiger partial charge is 0.263 e. The molecule has 14 nitrogen and oxygen atoms in total. The second-order valence-corrected chi connectivity index (χ2v) is 16.4. The molecule has 4 heterocycles. The monoisotopic (exact) mass is 728 g/mol. The van der Waals surface area contributed by atoms with E-state index < -0.39 is 20.0 Å². The maximum absolute atomic E-state index is 13.9. The molecule has 6 rings (SSSR count). The van der Waals surface area contributed by atoms with E-state index in [4.69, 9.17) is 14.6 Å². The van der Waals surface area contributed by atoms with Crippen molar-refractivity contribution in [3.8, 4) is 11.5 Å². The van der Waals surface area contributed by atoms with E-state index >= 15 is 0 Å². The van der Waals surface area contributed by atoms with Crippen LogP contribution in [0.15, 0.2) is 70.7 Å². The summed E-state index contributed by atoms with van der Waals surface area (Å²) in [6.07, 6.45) is 3.97. The topological polar surface area (TPSA) is 158 Å². The van der Waals surface area contributed by atoms with Gasteiger partial charge in [-0.05, 0) is 89.3 Å². The Bertz CT molecular complexity index is 1910. The normalized spacial score (nSPS) is 17.6. The molecule has 2 aliphatic rings. The zero-order chi connectivity index (χ0) is 36.2. The number of primary sulfonamides is 1. The first kappa shape index (κ1) is 37.5. The summed E-state index contributed by atoms with van der Waals surface area (Å²) < 4.78 is 65.7. The summed E-state index contributed by atoms with van der Waals surface area (Å²) in [7, 11) is 3.65. The zero-order valence-corrected chi connectivity index (χ0v) is 31.2. The molecule has 0 aliphatic carbocycles. The third kappa shape index (κ3) is 8.55. The van der Waals surface area contributed by atoms with Crippen LogP contribution in [0.5, 0.6) is 11.5 Å². The first-order chi connectivity index (χ1) is 23.7. The first-order valence-corrected chi connectivity index (χ1v) is 19.5. The Labute approximate surface area is 295 Å². The van der Waals surface area contributed by atoms with Crippen LogP contribution in [-0.2, 0) is 46.2 Å². The second kappa shape index (κ2) is 15.6. The van der Waals surface area contributed by atoms with E-state index in [2.05, 4.69) is 20.0 Å². The fraction of sp³-hybridized carbons (Fsp3) is 0.471. The van der Waals surface area contributed by atoms with E-state index in [0.717, 1.165) is 72.8 Å². The van der Waals surface area contributed by atoms with Gasteiger partial charge in [0.2, 0.25) is 0 Å². The Balaban J connectivity index is 0.000000253. The van der Waals surface area contributed by atoms with E-state index in [9.17, 15) is 16.8 Å². The minimum atomic E-state index is -3.85. The third-order valence-electron chi connectivity index (χ3n) is 9.13. The van der Waals surface area contributed by atoms with Crippen LogP contribution < -0.4 is 14.6 Å². The molecule has 2 aliphatic heterocycles. The van der Waals surface area contributed by atoms with Gasteiger partial charge in [-0.2, -0.15) is 14.5 Å². The van der Waals surface area contributed by atoms with Crippen LogP contribution in [0, 0.1) is 0 Å². The van der Waals surface area contributed by atoms with Crippen molar-refractivity contribution < 1.29 is 26.3 Å². The SMILES string of the molecule is CN(C)C1CCCn2nc(S(N)(=O)=O)cc21.COc1ccc(CN(Cc2ccc(OC)cc2)S(=O)(=O)c2cc3n(n2)CCCC3N(C)C)cc1.